The minimum absolute atomic E-state index is 0.0612. The van der Waals surface area contributed by atoms with E-state index in [1.807, 2.05) is 24.5 Å². The molecule has 1 aromatic carbocycles. The largest absolute Gasteiger partial charge is 0.491 e. The lowest BCUT2D eigenvalue weighted by Gasteiger charge is -2.24. The van der Waals surface area contributed by atoms with Crippen LogP contribution in [-0.2, 0) is 6.54 Å². The van der Waals surface area contributed by atoms with Gasteiger partial charge in [0, 0.05) is 18.2 Å². The lowest BCUT2D eigenvalue weighted by atomic mass is 10.1. The van der Waals surface area contributed by atoms with Crippen molar-refractivity contribution in [2.24, 2.45) is 0 Å². The zero-order valence-corrected chi connectivity index (χ0v) is 18.1. The summed E-state index contributed by atoms with van der Waals surface area (Å²) >= 11 is 0. The van der Waals surface area contributed by atoms with E-state index < -0.39 is 0 Å². The number of rotatable bonds is 6. The van der Waals surface area contributed by atoms with Crippen LogP contribution < -0.4 is 10.1 Å². The number of ether oxygens (including phenoxy) is 1. The fourth-order valence-corrected chi connectivity index (χ4v) is 4.13. The van der Waals surface area contributed by atoms with E-state index in [1.54, 1.807) is 22.9 Å². The van der Waals surface area contributed by atoms with E-state index in [1.165, 1.54) is 6.92 Å². The van der Waals surface area contributed by atoms with Crippen LogP contribution in [0.3, 0.4) is 0 Å². The van der Waals surface area contributed by atoms with E-state index in [4.69, 9.17) is 9.72 Å². The Morgan fingerprint density at radius 1 is 1.35 bits per heavy atom. The molecular formula is C23H27N5O3. The second-order valence-corrected chi connectivity index (χ2v) is 7.81. The maximum atomic E-state index is 13.1. The average molecular weight is 422 g/mol. The number of carbonyl (C=O) groups excluding carboxylic acids is 2. The molecule has 1 N–H and O–H groups in total. The van der Waals surface area contributed by atoms with Crippen LogP contribution >= 0.6 is 0 Å². The van der Waals surface area contributed by atoms with Crippen LogP contribution in [0.1, 0.15) is 65.7 Å². The van der Waals surface area contributed by atoms with Gasteiger partial charge in [-0.05, 0) is 58.2 Å². The minimum atomic E-state index is -0.275. The predicted octanol–water partition coefficient (Wildman–Crippen LogP) is 4.31. The smallest absolute Gasteiger partial charge is 0.276 e. The second kappa shape index (κ2) is 8.37. The van der Waals surface area contributed by atoms with Crippen LogP contribution in [0.4, 0.5) is 5.95 Å². The molecule has 4 rings (SSSR count). The number of aryl methyl sites for hydroxylation is 2. The molecule has 3 heterocycles. The zero-order valence-electron chi connectivity index (χ0n) is 18.1. The van der Waals surface area contributed by atoms with Crippen LogP contribution in [0.2, 0.25) is 0 Å². The van der Waals surface area contributed by atoms with Crippen LogP contribution in [0.25, 0.3) is 11.0 Å². The number of allylic oxidation sites excluding steroid dienone is 1. The highest BCUT2D eigenvalue weighted by atomic mass is 16.5. The molecule has 31 heavy (non-hydrogen) atoms. The molecule has 1 amide bonds. The van der Waals surface area contributed by atoms with Gasteiger partial charge >= 0.3 is 0 Å². The average Bonchev–Trinajstić information content (AvgIpc) is 3.28. The number of Topliss-reactive ketones (excluding diaryl/α,β-unsaturated/α-hetero) is 1. The molecule has 0 saturated heterocycles. The summed E-state index contributed by atoms with van der Waals surface area (Å²) in [6.45, 7) is 10.4. The van der Waals surface area contributed by atoms with Gasteiger partial charge in [0.25, 0.3) is 5.91 Å². The van der Waals surface area contributed by atoms with E-state index in [-0.39, 0.29) is 17.7 Å². The summed E-state index contributed by atoms with van der Waals surface area (Å²) in [5, 5.41) is 7.34. The molecule has 8 heteroatoms. The SMILES string of the molecule is C=CCC1CCCOc2cc(C(C)=O)cc3nc(NC(=O)c4cc(C)nn4CC)n1c23. The number of hydrogen-bond donors (Lipinski definition) is 1. The van der Waals surface area contributed by atoms with E-state index in [0.29, 0.717) is 41.6 Å². The highest BCUT2D eigenvalue weighted by Crippen LogP contribution is 2.37. The van der Waals surface area contributed by atoms with Crippen LogP contribution in [0.15, 0.2) is 30.9 Å². The number of nitrogens with zero attached hydrogens (tertiary/aromatic N) is 4. The highest BCUT2D eigenvalue weighted by molar-refractivity contribution is 6.04. The number of imidazole rings is 1. The van der Waals surface area contributed by atoms with E-state index in [9.17, 15) is 9.59 Å². The van der Waals surface area contributed by atoms with Crippen LogP contribution in [0.5, 0.6) is 5.75 Å². The summed E-state index contributed by atoms with van der Waals surface area (Å²) in [7, 11) is 0. The Labute approximate surface area is 180 Å². The van der Waals surface area contributed by atoms with Gasteiger partial charge in [-0.15, -0.1) is 6.58 Å². The van der Waals surface area contributed by atoms with Crippen molar-refractivity contribution in [2.75, 3.05) is 11.9 Å². The summed E-state index contributed by atoms with van der Waals surface area (Å²) in [6.07, 6.45) is 4.31. The van der Waals surface area contributed by atoms with Crippen molar-refractivity contribution in [3.63, 3.8) is 0 Å². The van der Waals surface area contributed by atoms with Gasteiger partial charge < -0.3 is 9.30 Å². The van der Waals surface area contributed by atoms with Crippen molar-refractivity contribution in [3.8, 4) is 5.75 Å². The Kier molecular flexibility index (Phi) is 5.63. The molecule has 2 aromatic heterocycles. The molecule has 1 atom stereocenters. The van der Waals surface area contributed by atoms with E-state index >= 15 is 0 Å². The first kappa shape index (κ1) is 20.8. The van der Waals surface area contributed by atoms with Gasteiger partial charge in [-0.25, -0.2) is 4.98 Å². The molecule has 3 aromatic rings. The third kappa shape index (κ3) is 3.85. The monoisotopic (exact) mass is 421 g/mol. The number of amides is 1. The molecule has 8 nitrogen and oxygen atoms in total. The first-order valence-corrected chi connectivity index (χ1v) is 10.6. The zero-order chi connectivity index (χ0) is 22.1. The quantitative estimate of drug-likeness (QED) is 0.473. The number of carbonyl (C=O) groups is 2. The van der Waals surface area contributed by atoms with Gasteiger partial charge in [-0.2, -0.15) is 5.10 Å². The number of anilines is 1. The van der Waals surface area contributed by atoms with Gasteiger partial charge in [0.2, 0.25) is 5.95 Å². The van der Waals surface area contributed by atoms with Crippen molar-refractivity contribution >= 4 is 28.7 Å². The van der Waals surface area contributed by atoms with Crippen molar-refractivity contribution < 1.29 is 14.3 Å². The molecule has 0 bridgehead atoms. The predicted molar refractivity (Wildman–Crippen MR) is 119 cm³/mol. The first-order chi connectivity index (χ1) is 14.9. The molecule has 0 spiro atoms. The third-order valence-corrected chi connectivity index (χ3v) is 5.56. The Morgan fingerprint density at radius 3 is 2.87 bits per heavy atom. The summed E-state index contributed by atoms with van der Waals surface area (Å²) in [5.41, 5.74) is 3.19. The Hall–Kier alpha value is -3.42. The second-order valence-electron chi connectivity index (χ2n) is 7.81. The normalized spacial score (nSPS) is 15.8. The van der Waals surface area contributed by atoms with Gasteiger partial charge in [0.15, 0.2) is 5.78 Å². The molecular weight excluding hydrogens is 394 g/mol. The molecule has 162 valence electrons. The number of benzene rings is 1. The van der Waals surface area contributed by atoms with Crippen molar-refractivity contribution in [3.05, 3.63) is 47.8 Å². The molecule has 0 aliphatic carbocycles. The molecule has 0 radical (unpaired) electrons. The fourth-order valence-electron chi connectivity index (χ4n) is 4.13. The number of aromatic nitrogens is 4. The third-order valence-electron chi connectivity index (χ3n) is 5.56. The lowest BCUT2D eigenvalue weighted by Crippen LogP contribution is -2.22. The van der Waals surface area contributed by atoms with Gasteiger partial charge in [-0.3, -0.25) is 19.6 Å². The summed E-state index contributed by atoms with van der Waals surface area (Å²) in [5.74, 6) is 0.705. The fraction of sp³-hybridized carbons (Fsp3) is 0.391. The number of hydrogen-bond acceptors (Lipinski definition) is 5. The van der Waals surface area contributed by atoms with Gasteiger partial charge in [-0.1, -0.05) is 6.08 Å². The molecule has 1 unspecified atom stereocenters. The minimum Gasteiger partial charge on any atom is -0.491 e. The lowest BCUT2D eigenvalue weighted by molar-refractivity contribution is 0.100. The van der Waals surface area contributed by atoms with Crippen LogP contribution in [0, 0.1) is 6.92 Å². The van der Waals surface area contributed by atoms with Gasteiger partial charge in [0.1, 0.15) is 17.0 Å². The van der Waals surface area contributed by atoms with Crippen molar-refractivity contribution in [2.45, 2.75) is 52.6 Å². The van der Waals surface area contributed by atoms with E-state index in [2.05, 4.69) is 17.0 Å². The van der Waals surface area contributed by atoms with Crippen molar-refractivity contribution in [1.82, 2.24) is 19.3 Å². The molecule has 1 aliphatic rings. The Balaban J connectivity index is 1.87. The summed E-state index contributed by atoms with van der Waals surface area (Å²) in [4.78, 5) is 29.9. The molecule has 1 aliphatic heterocycles. The number of ketones is 1. The van der Waals surface area contributed by atoms with Gasteiger partial charge in [0.05, 0.1) is 17.8 Å². The van der Waals surface area contributed by atoms with Crippen LogP contribution in [-0.4, -0.2) is 37.6 Å². The topological polar surface area (TPSA) is 91.0 Å². The standard InChI is InChI=1S/C23H27N5O3/c1-5-8-17-9-7-10-31-20-13-16(15(4)29)12-18-21(20)28(17)23(24-18)25-22(30)19-11-14(3)26-27(19)6-2/h5,11-13,17H,1,6-10H2,2-4H3,(H,24,25,30). The summed E-state index contributed by atoms with van der Waals surface area (Å²) < 4.78 is 9.69. The Morgan fingerprint density at radius 2 is 2.16 bits per heavy atom. The van der Waals surface area contributed by atoms with Crippen molar-refractivity contribution in [1.29, 1.82) is 0 Å². The highest BCUT2D eigenvalue weighted by Gasteiger charge is 2.26. The van der Waals surface area contributed by atoms with E-state index in [0.717, 1.165) is 30.5 Å². The maximum Gasteiger partial charge on any atom is 0.276 e. The Bertz CT molecular complexity index is 1170. The number of nitrogens with one attached hydrogen (secondary N) is 1. The summed E-state index contributed by atoms with van der Waals surface area (Å²) in [6, 6.07) is 5.35. The molecule has 0 fully saturated rings. The maximum absolute atomic E-state index is 13.1. The first-order valence-electron chi connectivity index (χ1n) is 10.6. The molecule has 0 saturated carbocycles.